The molecule has 0 aliphatic rings. The van der Waals surface area contributed by atoms with E-state index in [0.717, 1.165) is 0 Å². The molecule has 18 heavy (non-hydrogen) atoms. The highest BCUT2D eigenvalue weighted by atomic mass is 16.4. The van der Waals surface area contributed by atoms with Crippen LogP contribution in [0.5, 0.6) is 0 Å². The van der Waals surface area contributed by atoms with Crippen LogP contribution in [-0.4, -0.2) is 39.0 Å². The maximum absolute atomic E-state index is 11.2. The molecule has 7 heteroatoms. The van der Waals surface area contributed by atoms with Crippen molar-refractivity contribution in [3.05, 3.63) is 23.8 Å². The maximum atomic E-state index is 11.2. The van der Waals surface area contributed by atoms with Crippen LogP contribution in [0, 0.1) is 0 Å². The minimum atomic E-state index is -1.04. The minimum absolute atomic E-state index is 0.104. The van der Waals surface area contributed by atoms with Gasteiger partial charge in [-0.1, -0.05) is 11.3 Å². The lowest BCUT2D eigenvalue weighted by Crippen LogP contribution is -2.19. The van der Waals surface area contributed by atoms with Gasteiger partial charge >= 0.3 is 5.97 Å². The number of carbonyl (C=O) groups is 2. The molecule has 0 atom stereocenters. The van der Waals surface area contributed by atoms with Crippen molar-refractivity contribution in [2.24, 2.45) is 0 Å². The summed E-state index contributed by atoms with van der Waals surface area (Å²) in [5, 5.41) is 19.2. The molecule has 0 saturated carbocycles. The Morgan fingerprint density at radius 2 is 2.22 bits per heavy atom. The summed E-state index contributed by atoms with van der Waals surface area (Å²) in [6.45, 7) is 0.360. The number of nitrogens with zero attached hydrogens (tertiary/aromatic N) is 3. The van der Waals surface area contributed by atoms with Gasteiger partial charge in [0.05, 0.1) is 17.6 Å². The smallest absolute Gasteiger partial charge is 0.338 e. The van der Waals surface area contributed by atoms with Gasteiger partial charge < -0.3 is 10.4 Å². The lowest BCUT2D eigenvalue weighted by molar-refractivity contribution is -0.120. The summed E-state index contributed by atoms with van der Waals surface area (Å²) in [6, 6.07) is 4.83. The zero-order chi connectivity index (χ0) is 13.1. The van der Waals surface area contributed by atoms with Gasteiger partial charge in [0.15, 0.2) is 0 Å². The third-order valence-corrected chi connectivity index (χ3v) is 2.61. The number of benzene rings is 1. The number of hydrogen-bond donors (Lipinski definition) is 2. The van der Waals surface area contributed by atoms with E-state index in [1.807, 2.05) is 0 Å². The van der Waals surface area contributed by atoms with E-state index in [1.54, 1.807) is 19.2 Å². The number of carboxylic acid groups (broad SMARTS) is 1. The second kappa shape index (κ2) is 4.82. The third-order valence-electron chi connectivity index (χ3n) is 2.61. The van der Waals surface area contributed by atoms with Crippen molar-refractivity contribution < 1.29 is 14.7 Å². The lowest BCUT2D eigenvalue weighted by atomic mass is 10.2. The van der Waals surface area contributed by atoms with Crippen molar-refractivity contribution in [3.63, 3.8) is 0 Å². The SMILES string of the molecule is CNC(=O)CCn1nnc2c(C(=O)O)cccc21. The van der Waals surface area contributed by atoms with Crippen LogP contribution < -0.4 is 5.32 Å². The molecule has 0 unspecified atom stereocenters. The second-order valence-electron chi connectivity index (χ2n) is 3.71. The zero-order valence-corrected chi connectivity index (χ0v) is 9.75. The number of aromatic carboxylic acids is 1. The third kappa shape index (κ3) is 2.15. The number of carbonyl (C=O) groups excluding carboxylic acids is 1. The summed E-state index contributed by atoms with van der Waals surface area (Å²) in [7, 11) is 1.56. The van der Waals surface area contributed by atoms with Crippen molar-refractivity contribution in [2.75, 3.05) is 7.05 Å². The summed E-state index contributed by atoms with van der Waals surface area (Å²) in [4.78, 5) is 22.1. The average molecular weight is 248 g/mol. The second-order valence-corrected chi connectivity index (χ2v) is 3.71. The van der Waals surface area contributed by atoms with Crippen LogP contribution in [0.25, 0.3) is 11.0 Å². The Balaban J connectivity index is 2.34. The molecule has 0 bridgehead atoms. The predicted molar refractivity (Wildman–Crippen MR) is 63.2 cm³/mol. The van der Waals surface area contributed by atoms with E-state index in [1.165, 1.54) is 10.7 Å². The van der Waals surface area contributed by atoms with E-state index in [9.17, 15) is 9.59 Å². The molecule has 2 aromatic rings. The van der Waals surface area contributed by atoms with Gasteiger partial charge in [0.2, 0.25) is 5.91 Å². The van der Waals surface area contributed by atoms with Crippen molar-refractivity contribution in [1.82, 2.24) is 20.3 Å². The highest BCUT2D eigenvalue weighted by Crippen LogP contribution is 2.16. The van der Waals surface area contributed by atoms with E-state index in [-0.39, 0.29) is 17.9 Å². The Bertz CT molecular complexity index is 605. The molecule has 0 radical (unpaired) electrons. The fourth-order valence-corrected chi connectivity index (χ4v) is 1.66. The van der Waals surface area contributed by atoms with Gasteiger partial charge in [-0.25, -0.2) is 9.48 Å². The number of hydrogen-bond acceptors (Lipinski definition) is 4. The molecule has 94 valence electrons. The van der Waals surface area contributed by atoms with Crippen molar-refractivity contribution >= 4 is 22.9 Å². The Kier molecular flexibility index (Phi) is 3.22. The van der Waals surface area contributed by atoms with Gasteiger partial charge in [-0.05, 0) is 12.1 Å². The molecule has 1 aromatic carbocycles. The Morgan fingerprint density at radius 1 is 1.44 bits per heavy atom. The zero-order valence-electron chi connectivity index (χ0n) is 9.75. The van der Waals surface area contributed by atoms with E-state index < -0.39 is 5.97 Å². The normalized spacial score (nSPS) is 10.5. The molecule has 1 aromatic heterocycles. The van der Waals surface area contributed by atoms with Crippen molar-refractivity contribution in [3.8, 4) is 0 Å². The molecule has 2 N–H and O–H groups in total. The number of carboxylic acids is 1. The molecular weight excluding hydrogens is 236 g/mol. The Labute approximate surface area is 102 Å². The molecule has 0 aliphatic heterocycles. The van der Waals surface area contributed by atoms with Crippen molar-refractivity contribution in [2.45, 2.75) is 13.0 Å². The first-order chi connectivity index (χ1) is 8.63. The van der Waals surface area contributed by atoms with Crippen LogP contribution in [0.1, 0.15) is 16.8 Å². The van der Waals surface area contributed by atoms with Gasteiger partial charge in [0.1, 0.15) is 5.52 Å². The average Bonchev–Trinajstić information content (AvgIpc) is 2.78. The van der Waals surface area contributed by atoms with Crippen LogP contribution >= 0.6 is 0 Å². The van der Waals surface area contributed by atoms with Crippen molar-refractivity contribution in [1.29, 1.82) is 0 Å². The van der Waals surface area contributed by atoms with E-state index in [4.69, 9.17) is 5.11 Å². The monoisotopic (exact) mass is 248 g/mol. The van der Waals surface area contributed by atoms with Crippen LogP contribution in [0.15, 0.2) is 18.2 Å². The molecule has 0 aliphatic carbocycles. The largest absolute Gasteiger partial charge is 0.478 e. The molecular formula is C11H12N4O3. The molecule has 2 rings (SSSR count). The highest BCUT2D eigenvalue weighted by molar-refractivity contribution is 6.00. The number of fused-ring (bicyclic) bond motifs is 1. The number of nitrogens with one attached hydrogen (secondary N) is 1. The van der Waals surface area contributed by atoms with Gasteiger partial charge in [0.25, 0.3) is 0 Å². The first-order valence-electron chi connectivity index (χ1n) is 5.39. The minimum Gasteiger partial charge on any atom is -0.478 e. The van der Waals surface area contributed by atoms with Crippen LogP contribution in [0.3, 0.4) is 0 Å². The molecule has 7 nitrogen and oxygen atoms in total. The lowest BCUT2D eigenvalue weighted by Gasteiger charge is -2.01. The first-order valence-corrected chi connectivity index (χ1v) is 5.39. The number of aryl methyl sites for hydroxylation is 1. The maximum Gasteiger partial charge on any atom is 0.338 e. The number of rotatable bonds is 4. The molecule has 0 saturated heterocycles. The van der Waals surface area contributed by atoms with Crippen LogP contribution in [0.2, 0.25) is 0 Å². The van der Waals surface area contributed by atoms with Gasteiger partial charge in [-0.15, -0.1) is 5.10 Å². The van der Waals surface area contributed by atoms with Gasteiger partial charge in [0, 0.05) is 13.5 Å². The Morgan fingerprint density at radius 3 is 2.89 bits per heavy atom. The highest BCUT2D eigenvalue weighted by Gasteiger charge is 2.13. The van der Waals surface area contributed by atoms with E-state index in [2.05, 4.69) is 15.6 Å². The van der Waals surface area contributed by atoms with E-state index >= 15 is 0 Å². The fourth-order valence-electron chi connectivity index (χ4n) is 1.66. The summed E-state index contributed by atoms with van der Waals surface area (Å²) in [5.74, 6) is -1.15. The first kappa shape index (κ1) is 12.0. The van der Waals surface area contributed by atoms with Crippen LogP contribution in [-0.2, 0) is 11.3 Å². The quantitative estimate of drug-likeness (QED) is 0.809. The summed E-state index contributed by atoms with van der Waals surface area (Å²) >= 11 is 0. The number of aromatic nitrogens is 3. The summed E-state index contributed by atoms with van der Waals surface area (Å²) in [6.07, 6.45) is 0.270. The topological polar surface area (TPSA) is 97.1 Å². The standard InChI is InChI=1S/C11H12N4O3/c1-12-9(16)5-6-15-8-4-2-3-7(11(17)18)10(8)13-14-15/h2-4H,5-6H2,1H3,(H,12,16)(H,17,18). The Hall–Kier alpha value is -2.44. The predicted octanol–water partition coefficient (Wildman–Crippen LogP) is 0.266. The summed E-state index contributed by atoms with van der Waals surface area (Å²) < 4.78 is 1.52. The van der Waals surface area contributed by atoms with Crippen LogP contribution in [0.4, 0.5) is 0 Å². The summed E-state index contributed by atoms with van der Waals surface area (Å²) in [5.41, 5.74) is 1.06. The van der Waals surface area contributed by atoms with Gasteiger partial charge in [-0.2, -0.15) is 0 Å². The number of amides is 1. The molecule has 1 heterocycles. The molecule has 1 amide bonds. The van der Waals surface area contributed by atoms with Gasteiger partial charge in [-0.3, -0.25) is 4.79 Å². The van der Waals surface area contributed by atoms with E-state index in [0.29, 0.717) is 17.6 Å². The molecule has 0 spiro atoms. The fraction of sp³-hybridized carbons (Fsp3) is 0.273. The molecule has 0 fully saturated rings.